The van der Waals surface area contributed by atoms with E-state index in [0.717, 1.165) is 11.3 Å². The van der Waals surface area contributed by atoms with Gasteiger partial charge in [0, 0.05) is 24.9 Å². The Balaban J connectivity index is 1.76. The Bertz CT molecular complexity index is 582. The number of nitrogens with zero attached hydrogens (tertiary/aromatic N) is 1. The van der Waals surface area contributed by atoms with Crippen molar-refractivity contribution in [3.8, 4) is 11.5 Å². The van der Waals surface area contributed by atoms with Crippen molar-refractivity contribution in [2.45, 2.75) is 13.3 Å². The van der Waals surface area contributed by atoms with Crippen LogP contribution in [0.25, 0.3) is 0 Å². The van der Waals surface area contributed by atoms with E-state index in [9.17, 15) is 4.79 Å². The Labute approximate surface area is 123 Å². The van der Waals surface area contributed by atoms with E-state index in [4.69, 9.17) is 9.47 Å². The van der Waals surface area contributed by atoms with Crippen molar-refractivity contribution in [2.75, 3.05) is 20.3 Å². The summed E-state index contributed by atoms with van der Waals surface area (Å²) in [7, 11) is 1.58. The Morgan fingerprint density at radius 1 is 1.38 bits per heavy atom. The highest BCUT2D eigenvalue weighted by Crippen LogP contribution is 2.27. The SMILES string of the molecule is COc1cc(C)ccc1OCC(=O)NCCc1cnc[nH]1. The number of nitrogens with one attached hydrogen (secondary N) is 2. The van der Waals surface area contributed by atoms with Crippen LogP contribution in [0.4, 0.5) is 0 Å². The molecule has 0 spiro atoms. The van der Waals surface area contributed by atoms with Crippen LogP contribution in [0.5, 0.6) is 11.5 Å². The van der Waals surface area contributed by atoms with Crippen LogP contribution in [-0.2, 0) is 11.2 Å². The smallest absolute Gasteiger partial charge is 0.257 e. The van der Waals surface area contributed by atoms with Crippen molar-refractivity contribution >= 4 is 5.91 Å². The van der Waals surface area contributed by atoms with Crippen molar-refractivity contribution in [3.63, 3.8) is 0 Å². The van der Waals surface area contributed by atoms with Crippen molar-refractivity contribution in [1.29, 1.82) is 0 Å². The number of aromatic nitrogens is 2. The average molecular weight is 289 g/mol. The summed E-state index contributed by atoms with van der Waals surface area (Å²) in [5.41, 5.74) is 2.06. The van der Waals surface area contributed by atoms with E-state index in [2.05, 4.69) is 15.3 Å². The highest BCUT2D eigenvalue weighted by atomic mass is 16.5. The van der Waals surface area contributed by atoms with E-state index in [1.54, 1.807) is 25.7 Å². The lowest BCUT2D eigenvalue weighted by molar-refractivity contribution is -0.123. The molecule has 0 aliphatic rings. The number of amides is 1. The maximum atomic E-state index is 11.7. The predicted octanol–water partition coefficient (Wildman–Crippen LogP) is 1.46. The zero-order valence-electron chi connectivity index (χ0n) is 12.2. The van der Waals surface area contributed by atoms with Crippen LogP contribution < -0.4 is 14.8 Å². The minimum absolute atomic E-state index is 0.0393. The lowest BCUT2D eigenvalue weighted by Gasteiger charge is -2.11. The number of carbonyl (C=O) groups is 1. The molecule has 0 unspecified atom stereocenters. The van der Waals surface area contributed by atoms with Gasteiger partial charge in [-0.1, -0.05) is 6.07 Å². The number of methoxy groups -OCH3 is 1. The number of benzene rings is 1. The quantitative estimate of drug-likeness (QED) is 0.809. The van der Waals surface area contributed by atoms with Crippen molar-refractivity contribution in [2.24, 2.45) is 0 Å². The molecule has 0 aliphatic heterocycles. The molecule has 21 heavy (non-hydrogen) atoms. The molecule has 0 fully saturated rings. The third-order valence-electron chi connectivity index (χ3n) is 2.95. The third kappa shape index (κ3) is 4.52. The Kier molecular flexibility index (Phi) is 5.20. The summed E-state index contributed by atoms with van der Waals surface area (Å²) in [6.45, 7) is 2.46. The fourth-order valence-electron chi connectivity index (χ4n) is 1.85. The van der Waals surface area contributed by atoms with Gasteiger partial charge in [-0.05, 0) is 24.6 Å². The summed E-state index contributed by atoms with van der Waals surface area (Å²) in [5.74, 6) is 1.02. The molecule has 1 aromatic heterocycles. The number of aromatic amines is 1. The molecular formula is C15H19N3O3. The molecule has 0 bridgehead atoms. The molecule has 1 heterocycles. The van der Waals surface area contributed by atoms with E-state index >= 15 is 0 Å². The molecule has 0 aliphatic carbocycles. The van der Waals surface area contributed by atoms with Crippen molar-refractivity contribution < 1.29 is 14.3 Å². The minimum atomic E-state index is -0.169. The largest absolute Gasteiger partial charge is 0.493 e. The molecule has 6 nitrogen and oxygen atoms in total. The monoisotopic (exact) mass is 289 g/mol. The first kappa shape index (κ1) is 14.9. The molecule has 0 saturated carbocycles. The molecule has 2 rings (SSSR count). The minimum Gasteiger partial charge on any atom is -0.493 e. The summed E-state index contributed by atoms with van der Waals surface area (Å²) < 4.78 is 10.7. The van der Waals surface area contributed by atoms with E-state index in [0.29, 0.717) is 24.5 Å². The summed E-state index contributed by atoms with van der Waals surface area (Å²) in [5, 5.41) is 2.79. The van der Waals surface area contributed by atoms with E-state index in [-0.39, 0.29) is 12.5 Å². The summed E-state index contributed by atoms with van der Waals surface area (Å²) in [6.07, 6.45) is 4.06. The molecule has 112 valence electrons. The van der Waals surface area contributed by atoms with Crippen LogP contribution in [0.3, 0.4) is 0 Å². The van der Waals surface area contributed by atoms with E-state index < -0.39 is 0 Å². The van der Waals surface area contributed by atoms with Gasteiger partial charge in [-0.3, -0.25) is 4.79 Å². The van der Waals surface area contributed by atoms with Crippen LogP contribution in [0, 0.1) is 6.92 Å². The first-order chi connectivity index (χ1) is 10.2. The lowest BCUT2D eigenvalue weighted by atomic mass is 10.2. The van der Waals surface area contributed by atoms with Crippen LogP contribution in [0.1, 0.15) is 11.3 Å². The molecule has 0 atom stereocenters. The normalized spacial score (nSPS) is 10.2. The maximum absolute atomic E-state index is 11.7. The van der Waals surface area contributed by atoms with Gasteiger partial charge in [-0.15, -0.1) is 0 Å². The van der Waals surface area contributed by atoms with Gasteiger partial charge in [0.25, 0.3) is 5.91 Å². The van der Waals surface area contributed by atoms with Gasteiger partial charge in [0.05, 0.1) is 13.4 Å². The molecule has 0 radical (unpaired) electrons. The van der Waals surface area contributed by atoms with Crippen LogP contribution in [0.15, 0.2) is 30.7 Å². The Hall–Kier alpha value is -2.50. The second-order valence-corrected chi connectivity index (χ2v) is 4.62. The topological polar surface area (TPSA) is 76.2 Å². The fraction of sp³-hybridized carbons (Fsp3) is 0.333. The second kappa shape index (κ2) is 7.33. The van der Waals surface area contributed by atoms with Crippen LogP contribution in [0.2, 0.25) is 0 Å². The Morgan fingerprint density at radius 3 is 2.95 bits per heavy atom. The molecule has 6 heteroatoms. The summed E-state index contributed by atoms with van der Waals surface area (Å²) in [4.78, 5) is 18.6. The number of hydrogen-bond donors (Lipinski definition) is 2. The fourth-order valence-corrected chi connectivity index (χ4v) is 1.85. The molecule has 2 N–H and O–H groups in total. The van der Waals surface area contributed by atoms with Crippen LogP contribution in [-0.4, -0.2) is 36.1 Å². The number of rotatable bonds is 7. The number of hydrogen-bond acceptors (Lipinski definition) is 4. The number of imidazole rings is 1. The molecular weight excluding hydrogens is 270 g/mol. The highest BCUT2D eigenvalue weighted by Gasteiger charge is 2.07. The number of carbonyl (C=O) groups excluding carboxylic acids is 1. The zero-order chi connectivity index (χ0) is 15.1. The summed E-state index contributed by atoms with van der Waals surface area (Å²) in [6, 6.07) is 5.57. The number of ether oxygens (including phenoxy) is 2. The molecule has 2 aromatic rings. The molecule has 1 aromatic carbocycles. The average Bonchev–Trinajstić information content (AvgIpc) is 2.99. The third-order valence-corrected chi connectivity index (χ3v) is 2.95. The molecule has 0 saturated heterocycles. The number of aryl methyl sites for hydroxylation is 1. The van der Waals surface area contributed by atoms with Gasteiger partial charge in [-0.25, -0.2) is 4.98 Å². The van der Waals surface area contributed by atoms with Gasteiger partial charge >= 0.3 is 0 Å². The van der Waals surface area contributed by atoms with Crippen LogP contribution >= 0.6 is 0 Å². The van der Waals surface area contributed by atoms with Crippen molar-refractivity contribution in [1.82, 2.24) is 15.3 Å². The zero-order valence-corrected chi connectivity index (χ0v) is 12.2. The lowest BCUT2D eigenvalue weighted by Crippen LogP contribution is -2.30. The van der Waals surface area contributed by atoms with Gasteiger partial charge in [0.2, 0.25) is 0 Å². The Morgan fingerprint density at radius 2 is 2.24 bits per heavy atom. The number of H-pyrrole nitrogens is 1. The van der Waals surface area contributed by atoms with Gasteiger partial charge in [0.15, 0.2) is 18.1 Å². The first-order valence-electron chi connectivity index (χ1n) is 6.70. The van der Waals surface area contributed by atoms with Gasteiger partial charge < -0.3 is 19.8 Å². The first-order valence-corrected chi connectivity index (χ1v) is 6.70. The highest BCUT2D eigenvalue weighted by molar-refractivity contribution is 5.77. The standard InChI is InChI=1S/C15H19N3O3/c1-11-3-4-13(14(7-11)20-2)21-9-15(19)17-6-5-12-8-16-10-18-12/h3-4,7-8,10H,5-6,9H2,1-2H3,(H,16,18)(H,17,19). The second-order valence-electron chi connectivity index (χ2n) is 4.62. The summed E-state index contributed by atoms with van der Waals surface area (Å²) >= 11 is 0. The predicted molar refractivity (Wildman–Crippen MR) is 78.5 cm³/mol. The molecule has 1 amide bonds. The van der Waals surface area contributed by atoms with E-state index in [1.807, 2.05) is 19.1 Å². The van der Waals surface area contributed by atoms with E-state index in [1.165, 1.54) is 0 Å². The van der Waals surface area contributed by atoms with Crippen molar-refractivity contribution in [3.05, 3.63) is 42.0 Å². The maximum Gasteiger partial charge on any atom is 0.257 e. The van der Waals surface area contributed by atoms with Gasteiger partial charge in [0.1, 0.15) is 0 Å². The van der Waals surface area contributed by atoms with Gasteiger partial charge in [-0.2, -0.15) is 0 Å².